The summed E-state index contributed by atoms with van der Waals surface area (Å²) >= 11 is 7.80. The SMILES string of the molecule is O=C(O)c1ccc(NC(CO)CNN2C(=O)C(=Cc3cc(-c4ccc(F)c(F)c4)cs3)SC2=S)cc1. The Morgan fingerprint density at radius 1 is 1.11 bits per heavy atom. The van der Waals surface area contributed by atoms with E-state index in [2.05, 4.69) is 10.7 Å². The molecule has 7 nitrogen and oxygen atoms in total. The number of amides is 1. The van der Waals surface area contributed by atoms with E-state index in [4.69, 9.17) is 17.3 Å². The van der Waals surface area contributed by atoms with E-state index in [1.54, 1.807) is 29.7 Å². The van der Waals surface area contributed by atoms with Crippen molar-refractivity contribution in [3.8, 4) is 11.1 Å². The Morgan fingerprint density at radius 3 is 2.53 bits per heavy atom. The number of anilines is 1. The quantitative estimate of drug-likeness (QED) is 0.228. The summed E-state index contributed by atoms with van der Waals surface area (Å²) in [6.07, 6.45) is 1.68. The summed E-state index contributed by atoms with van der Waals surface area (Å²) in [6, 6.07) is 11.0. The number of hydrogen-bond donors (Lipinski definition) is 4. The number of halogens is 2. The highest BCUT2D eigenvalue weighted by Gasteiger charge is 2.32. The second-order valence-electron chi connectivity index (χ2n) is 7.65. The van der Waals surface area contributed by atoms with Gasteiger partial charge in [0.1, 0.15) is 0 Å². The molecule has 0 saturated carbocycles. The van der Waals surface area contributed by atoms with Crippen LogP contribution in [-0.4, -0.2) is 50.6 Å². The molecule has 2 aromatic carbocycles. The van der Waals surface area contributed by atoms with E-state index in [9.17, 15) is 23.5 Å². The Bertz CT molecular complexity index is 1340. The van der Waals surface area contributed by atoms with Crippen LogP contribution in [0.2, 0.25) is 0 Å². The molecule has 3 aromatic rings. The standard InChI is InChI=1S/C24H19F2N3O4S3/c25-19-6-3-14(8-20(19)26)15-7-18(35-12-15)9-21-22(31)29(24(34)36-21)27-10-17(11-30)28-16-4-1-13(2-5-16)23(32)33/h1-9,12,17,27-28,30H,10-11H2,(H,32,33). The van der Waals surface area contributed by atoms with Crippen molar-refractivity contribution in [3.05, 3.63) is 80.9 Å². The topological polar surface area (TPSA) is 102 Å². The number of nitrogens with zero attached hydrogens (tertiary/aromatic N) is 1. The number of carbonyl (C=O) groups is 2. The van der Waals surface area contributed by atoms with Crippen LogP contribution in [0.15, 0.2) is 58.8 Å². The van der Waals surface area contributed by atoms with Gasteiger partial charge < -0.3 is 15.5 Å². The minimum atomic E-state index is -1.03. The number of nitrogens with one attached hydrogen (secondary N) is 2. The molecule has 1 saturated heterocycles. The van der Waals surface area contributed by atoms with Crippen molar-refractivity contribution in [1.29, 1.82) is 0 Å². The van der Waals surface area contributed by atoms with Gasteiger partial charge in [0.15, 0.2) is 16.0 Å². The van der Waals surface area contributed by atoms with E-state index in [1.807, 2.05) is 0 Å². The fraction of sp³-hybridized carbons (Fsp3) is 0.125. The molecule has 1 aliphatic heterocycles. The summed E-state index contributed by atoms with van der Waals surface area (Å²) < 4.78 is 27.1. The number of carbonyl (C=O) groups excluding carboxylic acids is 1. The first-order valence-electron chi connectivity index (χ1n) is 10.5. The van der Waals surface area contributed by atoms with E-state index in [1.165, 1.54) is 34.5 Å². The van der Waals surface area contributed by atoms with Gasteiger partial charge in [0.2, 0.25) is 0 Å². The van der Waals surface area contributed by atoms with E-state index in [0.717, 1.165) is 28.8 Å². The van der Waals surface area contributed by atoms with Crippen LogP contribution < -0.4 is 10.7 Å². The number of hydrazine groups is 1. The maximum absolute atomic E-state index is 13.6. The molecule has 186 valence electrons. The molecule has 2 heterocycles. The predicted molar refractivity (Wildman–Crippen MR) is 141 cm³/mol. The zero-order valence-corrected chi connectivity index (χ0v) is 20.9. The van der Waals surface area contributed by atoms with Crippen LogP contribution in [0.25, 0.3) is 17.2 Å². The van der Waals surface area contributed by atoms with Crippen LogP contribution in [0.4, 0.5) is 14.5 Å². The Morgan fingerprint density at radius 2 is 1.86 bits per heavy atom. The zero-order chi connectivity index (χ0) is 25.8. The molecule has 1 amide bonds. The minimum absolute atomic E-state index is 0.145. The second-order valence-corrected chi connectivity index (χ2v) is 10.3. The van der Waals surface area contributed by atoms with Crippen LogP contribution in [-0.2, 0) is 4.79 Å². The van der Waals surface area contributed by atoms with Gasteiger partial charge >= 0.3 is 5.97 Å². The monoisotopic (exact) mass is 547 g/mol. The number of thiocarbonyl (C=S) groups is 1. The summed E-state index contributed by atoms with van der Waals surface area (Å²) in [5.74, 6) is -3.23. The van der Waals surface area contributed by atoms with Crippen LogP contribution in [0, 0.1) is 11.6 Å². The van der Waals surface area contributed by atoms with E-state index in [-0.39, 0.29) is 24.6 Å². The van der Waals surface area contributed by atoms with E-state index >= 15 is 0 Å². The number of hydrogen-bond acceptors (Lipinski definition) is 8. The predicted octanol–water partition coefficient (Wildman–Crippen LogP) is 4.57. The fourth-order valence-electron chi connectivity index (χ4n) is 3.30. The first kappa shape index (κ1) is 25.9. The molecule has 1 aromatic heterocycles. The Hall–Kier alpha value is -3.16. The molecule has 4 rings (SSSR count). The number of benzene rings is 2. The number of aliphatic hydroxyl groups is 1. The highest BCUT2D eigenvalue weighted by molar-refractivity contribution is 8.26. The van der Waals surface area contributed by atoms with Gasteiger partial charge in [-0.3, -0.25) is 4.79 Å². The van der Waals surface area contributed by atoms with Crippen LogP contribution in [0.5, 0.6) is 0 Å². The molecule has 1 atom stereocenters. The van der Waals surface area contributed by atoms with Crippen molar-refractivity contribution in [2.24, 2.45) is 0 Å². The lowest BCUT2D eigenvalue weighted by Crippen LogP contribution is -2.47. The Kier molecular flexibility index (Phi) is 8.11. The van der Waals surface area contributed by atoms with Gasteiger partial charge in [-0.15, -0.1) is 11.3 Å². The number of carboxylic acids is 1. The Balaban J connectivity index is 1.39. The van der Waals surface area contributed by atoms with Gasteiger partial charge in [0.05, 0.1) is 23.1 Å². The van der Waals surface area contributed by atoms with E-state index < -0.39 is 23.6 Å². The highest BCUT2D eigenvalue weighted by Crippen LogP contribution is 2.34. The van der Waals surface area contributed by atoms with E-state index in [0.29, 0.717) is 26.0 Å². The van der Waals surface area contributed by atoms with Crippen molar-refractivity contribution in [2.75, 3.05) is 18.5 Å². The second kappa shape index (κ2) is 11.3. The number of carboxylic acid groups (broad SMARTS) is 1. The smallest absolute Gasteiger partial charge is 0.335 e. The van der Waals surface area contributed by atoms with Gasteiger partial charge in [-0.1, -0.05) is 30.0 Å². The molecule has 0 aliphatic carbocycles. The normalized spacial score (nSPS) is 15.5. The molecular weight excluding hydrogens is 528 g/mol. The van der Waals surface area contributed by atoms with Gasteiger partial charge in [-0.2, -0.15) is 0 Å². The van der Waals surface area contributed by atoms with Crippen molar-refractivity contribution in [1.82, 2.24) is 10.4 Å². The number of thioether (sulfide) groups is 1. The summed E-state index contributed by atoms with van der Waals surface area (Å²) in [5, 5.41) is 24.8. The highest BCUT2D eigenvalue weighted by atomic mass is 32.2. The number of thiophene rings is 1. The molecular formula is C24H19F2N3O4S3. The third-order valence-corrected chi connectivity index (χ3v) is 7.34. The minimum Gasteiger partial charge on any atom is -0.478 e. The van der Waals surface area contributed by atoms with Crippen LogP contribution in [0.1, 0.15) is 15.2 Å². The summed E-state index contributed by atoms with van der Waals surface area (Å²) in [7, 11) is 0. The number of rotatable bonds is 9. The van der Waals surface area contributed by atoms with Crippen molar-refractivity contribution >= 4 is 63.3 Å². The first-order chi connectivity index (χ1) is 17.2. The lowest BCUT2D eigenvalue weighted by molar-refractivity contribution is -0.124. The molecule has 1 unspecified atom stereocenters. The molecule has 0 bridgehead atoms. The lowest BCUT2D eigenvalue weighted by atomic mass is 10.1. The van der Waals surface area contributed by atoms with Crippen molar-refractivity contribution in [2.45, 2.75) is 6.04 Å². The average molecular weight is 548 g/mol. The molecule has 12 heteroatoms. The van der Waals surface area contributed by atoms with Gasteiger partial charge in [-0.05, 0) is 65.0 Å². The average Bonchev–Trinajstić information content (AvgIpc) is 3.43. The summed E-state index contributed by atoms with van der Waals surface area (Å²) in [4.78, 5) is 25.0. The number of aliphatic hydroxyl groups excluding tert-OH is 1. The molecule has 36 heavy (non-hydrogen) atoms. The number of aromatic carboxylic acids is 1. The zero-order valence-electron chi connectivity index (χ0n) is 18.4. The van der Waals surface area contributed by atoms with Crippen LogP contribution >= 0.6 is 35.3 Å². The van der Waals surface area contributed by atoms with Gasteiger partial charge in [0.25, 0.3) is 5.91 Å². The third kappa shape index (κ3) is 5.97. The molecule has 1 aliphatic rings. The molecule has 0 radical (unpaired) electrons. The largest absolute Gasteiger partial charge is 0.478 e. The summed E-state index contributed by atoms with van der Waals surface area (Å²) in [6.45, 7) is -0.0869. The summed E-state index contributed by atoms with van der Waals surface area (Å²) in [5.41, 5.74) is 4.92. The Labute approximate surface area is 218 Å². The maximum atomic E-state index is 13.6. The first-order valence-corrected chi connectivity index (χ1v) is 12.6. The van der Waals surface area contributed by atoms with Crippen molar-refractivity contribution in [3.63, 3.8) is 0 Å². The van der Waals surface area contributed by atoms with Crippen LogP contribution in [0.3, 0.4) is 0 Å². The lowest BCUT2D eigenvalue weighted by Gasteiger charge is -2.22. The molecule has 4 N–H and O–H groups in total. The molecule has 1 fully saturated rings. The maximum Gasteiger partial charge on any atom is 0.335 e. The molecule has 0 spiro atoms. The van der Waals surface area contributed by atoms with Crippen molar-refractivity contribution < 1.29 is 28.6 Å². The third-order valence-electron chi connectivity index (χ3n) is 5.16. The fourth-order valence-corrected chi connectivity index (χ4v) is 5.43. The van der Waals surface area contributed by atoms with Gasteiger partial charge in [0, 0.05) is 17.1 Å². The van der Waals surface area contributed by atoms with Gasteiger partial charge in [-0.25, -0.2) is 24.0 Å².